The minimum Gasteiger partial charge on any atom is -0.465 e. The summed E-state index contributed by atoms with van der Waals surface area (Å²) in [5.41, 5.74) is 7.01. The highest BCUT2D eigenvalue weighted by molar-refractivity contribution is 6.34. The summed E-state index contributed by atoms with van der Waals surface area (Å²) in [6.45, 7) is 6.26. The number of halogens is 1. The van der Waals surface area contributed by atoms with Crippen LogP contribution >= 0.6 is 11.6 Å². The molecule has 0 saturated carbocycles. The summed E-state index contributed by atoms with van der Waals surface area (Å²) in [7, 11) is 1.32. The van der Waals surface area contributed by atoms with Gasteiger partial charge in [0.1, 0.15) is 0 Å². The van der Waals surface area contributed by atoms with Crippen LogP contribution in [0.15, 0.2) is 12.1 Å². The molecule has 1 rings (SSSR count). The van der Waals surface area contributed by atoms with Crippen molar-refractivity contribution in [1.29, 1.82) is 0 Å². The Balaban J connectivity index is 2.59. The van der Waals surface area contributed by atoms with Gasteiger partial charge in [0.05, 0.1) is 23.4 Å². The zero-order valence-corrected chi connectivity index (χ0v) is 13.5. The van der Waals surface area contributed by atoms with Gasteiger partial charge in [0.15, 0.2) is 0 Å². The zero-order chi connectivity index (χ0) is 15.8. The first-order valence-corrected chi connectivity index (χ1v) is 7.32. The van der Waals surface area contributed by atoms with Gasteiger partial charge in [-0.3, -0.25) is 0 Å². The van der Waals surface area contributed by atoms with Crippen LogP contribution in [-0.4, -0.2) is 32.8 Å². The molecule has 0 bridgehead atoms. The van der Waals surface area contributed by atoms with Gasteiger partial charge in [-0.2, -0.15) is 0 Å². The number of carbonyl (C=O) groups excluding carboxylic acids is 1. The third kappa shape index (κ3) is 5.81. The Morgan fingerprint density at radius 1 is 1.43 bits per heavy atom. The molecule has 0 radical (unpaired) electrons. The lowest BCUT2D eigenvalue weighted by molar-refractivity contribution is 0.0602. The number of nitrogens with one attached hydrogen (secondary N) is 1. The van der Waals surface area contributed by atoms with Crippen LogP contribution in [0.3, 0.4) is 0 Å². The molecule has 0 amide bonds. The number of nitrogens with two attached hydrogens (primary N) is 1. The number of hydrogen-bond acceptors (Lipinski definition) is 5. The summed E-state index contributed by atoms with van der Waals surface area (Å²) in [6.07, 6.45) is 0.814. The summed E-state index contributed by atoms with van der Waals surface area (Å²) in [5, 5.41) is 3.55. The summed E-state index contributed by atoms with van der Waals surface area (Å²) < 4.78 is 10.2. The van der Waals surface area contributed by atoms with Crippen molar-refractivity contribution in [3.63, 3.8) is 0 Å². The van der Waals surface area contributed by atoms with Crippen LogP contribution in [0.4, 0.5) is 11.4 Å². The number of carbonyl (C=O) groups is 1. The summed E-state index contributed by atoms with van der Waals surface area (Å²) in [4.78, 5) is 11.7. The van der Waals surface area contributed by atoms with Crippen molar-refractivity contribution in [2.75, 3.05) is 37.9 Å². The number of ether oxygens (including phenoxy) is 2. The molecule has 21 heavy (non-hydrogen) atoms. The molecule has 6 heteroatoms. The molecule has 118 valence electrons. The van der Waals surface area contributed by atoms with Gasteiger partial charge in [0.25, 0.3) is 0 Å². The smallest absolute Gasteiger partial charge is 0.340 e. The maximum atomic E-state index is 11.7. The normalized spacial score (nSPS) is 10.7. The molecule has 5 nitrogen and oxygen atoms in total. The lowest BCUT2D eigenvalue weighted by atomic mass is 10.1. The van der Waals surface area contributed by atoms with E-state index in [0.717, 1.165) is 13.0 Å². The van der Waals surface area contributed by atoms with E-state index in [1.165, 1.54) is 7.11 Å². The quantitative estimate of drug-likeness (QED) is 0.438. The van der Waals surface area contributed by atoms with Gasteiger partial charge in [-0.1, -0.05) is 25.4 Å². The molecule has 0 aromatic heterocycles. The molecule has 3 N–H and O–H groups in total. The Hall–Kier alpha value is -1.46. The fourth-order valence-corrected chi connectivity index (χ4v) is 2.08. The van der Waals surface area contributed by atoms with E-state index in [-0.39, 0.29) is 0 Å². The molecule has 0 aliphatic rings. The number of methoxy groups -OCH3 is 1. The molecule has 0 spiro atoms. The highest BCUT2D eigenvalue weighted by Crippen LogP contribution is 2.29. The van der Waals surface area contributed by atoms with E-state index in [0.29, 0.717) is 41.0 Å². The molecule has 0 aliphatic carbocycles. The van der Waals surface area contributed by atoms with Gasteiger partial charge >= 0.3 is 5.97 Å². The Bertz CT molecular complexity index is 478. The predicted molar refractivity (Wildman–Crippen MR) is 86.0 cm³/mol. The Morgan fingerprint density at radius 2 is 2.14 bits per heavy atom. The van der Waals surface area contributed by atoms with E-state index in [9.17, 15) is 4.79 Å². The standard InChI is InChI=1S/C15H23ClN2O3/c1-10(2)9-21-6-4-5-18-14-12(15(19)20-3)7-11(17)8-13(14)16/h7-8,10,18H,4-6,9,17H2,1-3H3. The van der Waals surface area contributed by atoms with E-state index in [4.69, 9.17) is 26.8 Å². The van der Waals surface area contributed by atoms with Gasteiger partial charge in [-0.05, 0) is 24.5 Å². The molecule has 0 heterocycles. The molecule has 0 unspecified atom stereocenters. The van der Waals surface area contributed by atoms with Crippen LogP contribution in [0.2, 0.25) is 5.02 Å². The van der Waals surface area contributed by atoms with E-state index in [2.05, 4.69) is 19.2 Å². The minimum absolute atomic E-state index is 0.339. The molecule has 1 aromatic carbocycles. The second kappa shape index (κ2) is 8.74. The van der Waals surface area contributed by atoms with Crippen molar-refractivity contribution < 1.29 is 14.3 Å². The molecular weight excluding hydrogens is 292 g/mol. The van der Waals surface area contributed by atoms with E-state index >= 15 is 0 Å². The van der Waals surface area contributed by atoms with Gasteiger partial charge in [-0.25, -0.2) is 4.79 Å². The van der Waals surface area contributed by atoms with E-state index in [1.54, 1.807) is 12.1 Å². The predicted octanol–water partition coefficient (Wildman–Crippen LogP) is 3.18. The lowest BCUT2D eigenvalue weighted by Gasteiger charge is -2.14. The average Bonchev–Trinajstić information content (AvgIpc) is 2.42. The first kappa shape index (κ1) is 17.6. The van der Waals surface area contributed by atoms with Crippen LogP contribution < -0.4 is 11.1 Å². The van der Waals surface area contributed by atoms with Gasteiger partial charge in [0, 0.05) is 25.4 Å². The fourth-order valence-electron chi connectivity index (χ4n) is 1.78. The van der Waals surface area contributed by atoms with E-state index < -0.39 is 5.97 Å². The monoisotopic (exact) mass is 314 g/mol. The summed E-state index contributed by atoms with van der Waals surface area (Å²) in [5.74, 6) is 0.0539. The maximum Gasteiger partial charge on any atom is 0.340 e. The van der Waals surface area contributed by atoms with Gasteiger partial charge in [-0.15, -0.1) is 0 Å². The van der Waals surface area contributed by atoms with Crippen LogP contribution in [0.25, 0.3) is 0 Å². The summed E-state index contributed by atoms with van der Waals surface area (Å²) >= 11 is 6.14. The molecule has 0 saturated heterocycles. The molecule has 0 atom stereocenters. The highest BCUT2D eigenvalue weighted by atomic mass is 35.5. The maximum absolute atomic E-state index is 11.7. The molecule has 0 aliphatic heterocycles. The average molecular weight is 315 g/mol. The fraction of sp³-hybridized carbons (Fsp3) is 0.533. The van der Waals surface area contributed by atoms with Gasteiger partial charge in [0.2, 0.25) is 0 Å². The second-order valence-electron chi connectivity index (χ2n) is 5.17. The minimum atomic E-state index is -0.470. The summed E-state index contributed by atoms with van der Waals surface area (Å²) in [6, 6.07) is 3.15. The number of benzene rings is 1. The highest BCUT2D eigenvalue weighted by Gasteiger charge is 2.15. The van der Waals surface area contributed by atoms with Crippen LogP contribution in [0.1, 0.15) is 30.6 Å². The Morgan fingerprint density at radius 3 is 2.76 bits per heavy atom. The number of nitrogen functional groups attached to an aromatic ring is 1. The number of hydrogen-bond donors (Lipinski definition) is 2. The number of rotatable bonds is 8. The third-order valence-electron chi connectivity index (χ3n) is 2.74. The van der Waals surface area contributed by atoms with Crippen LogP contribution in [0.5, 0.6) is 0 Å². The molecule has 0 fully saturated rings. The van der Waals surface area contributed by atoms with Crippen molar-refractivity contribution in [1.82, 2.24) is 0 Å². The van der Waals surface area contributed by atoms with Crippen molar-refractivity contribution in [3.05, 3.63) is 22.7 Å². The number of anilines is 2. The first-order chi connectivity index (χ1) is 9.95. The van der Waals surface area contributed by atoms with Gasteiger partial charge < -0.3 is 20.5 Å². The largest absolute Gasteiger partial charge is 0.465 e. The SMILES string of the molecule is COC(=O)c1cc(N)cc(Cl)c1NCCCOCC(C)C. The molecular formula is C15H23ClN2O3. The third-order valence-corrected chi connectivity index (χ3v) is 3.03. The molecule has 1 aromatic rings. The second-order valence-corrected chi connectivity index (χ2v) is 5.57. The van der Waals surface area contributed by atoms with Crippen molar-refractivity contribution in [3.8, 4) is 0 Å². The van der Waals surface area contributed by atoms with E-state index in [1.807, 2.05) is 0 Å². The van der Waals surface area contributed by atoms with Crippen LogP contribution in [-0.2, 0) is 9.47 Å². The number of esters is 1. The topological polar surface area (TPSA) is 73.6 Å². The van der Waals surface area contributed by atoms with Crippen molar-refractivity contribution in [2.24, 2.45) is 5.92 Å². The Labute approximate surface area is 130 Å². The van der Waals surface area contributed by atoms with Crippen molar-refractivity contribution in [2.45, 2.75) is 20.3 Å². The Kier molecular flexibility index (Phi) is 7.32. The first-order valence-electron chi connectivity index (χ1n) is 6.94. The van der Waals surface area contributed by atoms with Crippen molar-refractivity contribution >= 4 is 28.9 Å². The zero-order valence-electron chi connectivity index (χ0n) is 12.7. The lowest BCUT2D eigenvalue weighted by Crippen LogP contribution is -2.12. The van der Waals surface area contributed by atoms with Crippen LogP contribution in [0, 0.1) is 5.92 Å².